The van der Waals surface area contributed by atoms with Gasteiger partial charge in [-0.05, 0) is 38.6 Å². The summed E-state index contributed by atoms with van der Waals surface area (Å²) in [5.74, 6) is 1.01. The van der Waals surface area contributed by atoms with Crippen LogP contribution in [0.1, 0.15) is 24.2 Å². The molecule has 24 heavy (non-hydrogen) atoms. The average Bonchev–Trinajstić information content (AvgIpc) is 2.93. The molecular formula is C16H21N3O5. The first-order valence-electron chi connectivity index (χ1n) is 7.43. The molecule has 0 amide bonds. The second-order valence-corrected chi connectivity index (χ2v) is 5.49. The quantitative estimate of drug-likeness (QED) is 0.781. The number of rotatable bonds is 8. The minimum absolute atomic E-state index is 0.395. The molecule has 0 aliphatic carbocycles. The normalized spacial score (nSPS) is 12.2. The van der Waals surface area contributed by atoms with Crippen molar-refractivity contribution in [3.8, 4) is 11.5 Å². The molecule has 0 fully saturated rings. The number of benzene rings is 1. The van der Waals surface area contributed by atoms with Gasteiger partial charge >= 0.3 is 5.97 Å². The molecule has 130 valence electrons. The van der Waals surface area contributed by atoms with E-state index in [0.717, 1.165) is 5.56 Å². The number of aromatic nitrogens is 2. The molecule has 0 spiro atoms. The Balaban J connectivity index is 2.04. The van der Waals surface area contributed by atoms with E-state index >= 15 is 0 Å². The summed E-state index contributed by atoms with van der Waals surface area (Å²) in [4.78, 5) is 17.1. The van der Waals surface area contributed by atoms with Crippen LogP contribution in [0.2, 0.25) is 0 Å². The highest BCUT2D eigenvalue weighted by Crippen LogP contribution is 2.29. The lowest BCUT2D eigenvalue weighted by atomic mass is 10.2. The van der Waals surface area contributed by atoms with Gasteiger partial charge < -0.3 is 19.1 Å². The maximum Gasteiger partial charge on any atom is 0.344 e. The van der Waals surface area contributed by atoms with Gasteiger partial charge in [-0.1, -0.05) is 11.2 Å². The fourth-order valence-electron chi connectivity index (χ4n) is 2.15. The fraction of sp³-hybridized carbons (Fsp3) is 0.438. The number of carboxylic acid groups (broad SMARTS) is 1. The van der Waals surface area contributed by atoms with Crippen LogP contribution < -0.4 is 9.47 Å². The van der Waals surface area contributed by atoms with E-state index in [1.54, 1.807) is 13.0 Å². The monoisotopic (exact) mass is 335 g/mol. The topological polar surface area (TPSA) is 97.9 Å². The van der Waals surface area contributed by atoms with Gasteiger partial charge in [-0.15, -0.1) is 0 Å². The first-order valence-corrected chi connectivity index (χ1v) is 7.43. The van der Waals surface area contributed by atoms with Crippen LogP contribution in [0, 0.1) is 6.92 Å². The molecule has 1 aromatic heterocycles. The highest BCUT2D eigenvalue weighted by molar-refractivity contribution is 5.72. The maximum atomic E-state index is 10.9. The zero-order chi connectivity index (χ0) is 17.7. The number of hydrogen-bond acceptors (Lipinski definition) is 7. The van der Waals surface area contributed by atoms with Gasteiger partial charge in [0, 0.05) is 6.54 Å². The predicted molar refractivity (Wildman–Crippen MR) is 84.9 cm³/mol. The molecule has 1 atom stereocenters. The maximum absolute atomic E-state index is 10.9. The lowest BCUT2D eigenvalue weighted by Crippen LogP contribution is -2.23. The van der Waals surface area contributed by atoms with E-state index in [0.29, 0.717) is 36.3 Å². The molecule has 1 aromatic carbocycles. The van der Waals surface area contributed by atoms with Crippen LogP contribution >= 0.6 is 0 Å². The Hall–Kier alpha value is -2.61. The lowest BCUT2D eigenvalue weighted by molar-refractivity contribution is -0.144. The largest absolute Gasteiger partial charge is 0.493 e. The molecule has 2 aromatic rings. The van der Waals surface area contributed by atoms with Gasteiger partial charge in [-0.2, -0.15) is 4.98 Å². The van der Waals surface area contributed by atoms with E-state index in [9.17, 15) is 4.79 Å². The van der Waals surface area contributed by atoms with E-state index in [2.05, 4.69) is 10.1 Å². The van der Waals surface area contributed by atoms with Crippen molar-refractivity contribution in [2.75, 3.05) is 14.2 Å². The van der Waals surface area contributed by atoms with E-state index in [1.165, 1.54) is 14.0 Å². The Bertz CT molecular complexity index is 701. The Kier molecular flexibility index (Phi) is 5.75. The first-order chi connectivity index (χ1) is 11.4. The molecule has 0 saturated heterocycles. The van der Waals surface area contributed by atoms with Crippen molar-refractivity contribution >= 4 is 5.97 Å². The second kappa shape index (κ2) is 7.78. The minimum Gasteiger partial charge on any atom is -0.493 e. The molecule has 0 unspecified atom stereocenters. The minimum atomic E-state index is -1.03. The number of hydrogen-bond donors (Lipinski definition) is 1. The average molecular weight is 335 g/mol. The Morgan fingerprint density at radius 2 is 2.12 bits per heavy atom. The van der Waals surface area contributed by atoms with E-state index < -0.39 is 12.1 Å². The molecule has 0 aliphatic heterocycles. The van der Waals surface area contributed by atoms with Gasteiger partial charge in [-0.3, -0.25) is 4.90 Å². The SMILES string of the molecule is COc1cc(CN(C)Cc2nc(C)no2)ccc1O[C@@H](C)C(=O)O. The van der Waals surface area contributed by atoms with Crippen molar-refractivity contribution in [2.45, 2.75) is 33.0 Å². The molecule has 8 nitrogen and oxygen atoms in total. The van der Waals surface area contributed by atoms with Crippen LogP contribution in [0.4, 0.5) is 0 Å². The highest BCUT2D eigenvalue weighted by atomic mass is 16.5. The molecule has 1 N–H and O–H groups in total. The fourth-order valence-corrected chi connectivity index (χ4v) is 2.15. The molecule has 0 aliphatic rings. The third-order valence-electron chi connectivity index (χ3n) is 3.31. The second-order valence-electron chi connectivity index (χ2n) is 5.49. The van der Waals surface area contributed by atoms with Gasteiger partial charge in [0.15, 0.2) is 23.4 Å². The first kappa shape index (κ1) is 17.7. The highest BCUT2D eigenvalue weighted by Gasteiger charge is 2.16. The third-order valence-corrected chi connectivity index (χ3v) is 3.31. The van der Waals surface area contributed by atoms with Gasteiger partial charge in [0.25, 0.3) is 0 Å². The summed E-state index contributed by atoms with van der Waals surface area (Å²) in [6.45, 7) is 4.40. The summed E-state index contributed by atoms with van der Waals surface area (Å²) >= 11 is 0. The van der Waals surface area contributed by atoms with Gasteiger partial charge in [0.1, 0.15) is 0 Å². The summed E-state index contributed by atoms with van der Waals surface area (Å²) in [6.07, 6.45) is -0.951. The number of carbonyl (C=O) groups is 1. The Morgan fingerprint density at radius 3 is 2.71 bits per heavy atom. The molecule has 8 heteroatoms. The zero-order valence-electron chi connectivity index (χ0n) is 14.1. The summed E-state index contributed by atoms with van der Waals surface area (Å²) in [7, 11) is 3.45. The molecule has 1 heterocycles. The number of aliphatic carboxylic acids is 1. The van der Waals surface area contributed by atoms with Crippen molar-refractivity contribution in [2.24, 2.45) is 0 Å². The van der Waals surface area contributed by atoms with E-state index in [-0.39, 0.29) is 0 Å². The third kappa shape index (κ3) is 4.69. The van der Waals surface area contributed by atoms with Crippen molar-refractivity contribution in [3.63, 3.8) is 0 Å². The Labute approximate surface area is 140 Å². The number of nitrogens with zero attached hydrogens (tertiary/aromatic N) is 3. The standard InChI is InChI=1S/C16H21N3O5/c1-10(16(20)21)23-13-6-5-12(7-14(13)22-4)8-19(3)9-15-17-11(2)18-24-15/h5-7,10H,8-9H2,1-4H3,(H,20,21)/t10-/m0/s1. The Morgan fingerprint density at radius 1 is 1.38 bits per heavy atom. The summed E-state index contributed by atoms with van der Waals surface area (Å²) < 4.78 is 15.8. The smallest absolute Gasteiger partial charge is 0.344 e. The molecule has 0 bridgehead atoms. The van der Waals surface area contributed by atoms with Crippen LogP contribution in [0.3, 0.4) is 0 Å². The van der Waals surface area contributed by atoms with Crippen LogP contribution in [-0.2, 0) is 17.9 Å². The van der Waals surface area contributed by atoms with Crippen LogP contribution in [0.25, 0.3) is 0 Å². The summed E-state index contributed by atoms with van der Waals surface area (Å²) in [5.41, 5.74) is 0.987. The summed E-state index contributed by atoms with van der Waals surface area (Å²) in [6, 6.07) is 5.39. The summed E-state index contributed by atoms with van der Waals surface area (Å²) in [5, 5.41) is 12.7. The molecular weight excluding hydrogens is 314 g/mol. The van der Waals surface area contributed by atoms with Gasteiger partial charge in [0.2, 0.25) is 5.89 Å². The number of carboxylic acids is 1. The van der Waals surface area contributed by atoms with Gasteiger partial charge in [0.05, 0.1) is 13.7 Å². The van der Waals surface area contributed by atoms with Crippen molar-refractivity contribution in [1.82, 2.24) is 15.0 Å². The van der Waals surface area contributed by atoms with Crippen LogP contribution in [0.5, 0.6) is 11.5 Å². The molecule has 0 radical (unpaired) electrons. The zero-order valence-corrected chi connectivity index (χ0v) is 14.1. The van der Waals surface area contributed by atoms with Crippen LogP contribution in [0.15, 0.2) is 22.7 Å². The van der Waals surface area contributed by atoms with Crippen molar-refractivity contribution < 1.29 is 23.9 Å². The van der Waals surface area contributed by atoms with Gasteiger partial charge in [-0.25, -0.2) is 4.79 Å². The van der Waals surface area contributed by atoms with E-state index in [4.69, 9.17) is 19.1 Å². The predicted octanol–water partition coefficient (Wildman–Crippen LogP) is 1.87. The lowest BCUT2D eigenvalue weighted by Gasteiger charge is -2.17. The number of ether oxygens (including phenoxy) is 2. The van der Waals surface area contributed by atoms with Crippen molar-refractivity contribution in [1.29, 1.82) is 0 Å². The number of aryl methyl sites for hydroxylation is 1. The molecule has 0 saturated carbocycles. The number of methoxy groups -OCH3 is 1. The van der Waals surface area contributed by atoms with Crippen molar-refractivity contribution in [3.05, 3.63) is 35.5 Å². The van der Waals surface area contributed by atoms with Crippen LogP contribution in [-0.4, -0.2) is 46.4 Å². The molecule has 2 rings (SSSR count). The van der Waals surface area contributed by atoms with E-state index in [1.807, 2.05) is 24.1 Å².